The number of rotatable bonds is 3. The molecule has 0 saturated carbocycles. The van der Waals surface area contributed by atoms with Gasteiger partial charge in [0.2, 0.25) is 0 Å². The molecule has 112 valence electrons. The van der Waals surface area contributed by atoms with Crippen molar-refractivity contribution in [2.75, 3.05) is 26.8 Å². The number of benzene rings is 1. The Morgan fingerprint density at radius 3 is 3.10 bits per heavy atom. The summed E-state index contributed by atoms with van der Waals surface area (Å²) in [5.74, 6) is -0.484. The molecule has 1 aromatic heterocycles. The Morgan fingerprint density at radius 2 is 2.33 bits per heavy atom. The Morgan fingerprint density at radius 1 is 1.52 bits per heavy atom. The number of amides is 1. The lowest BCUT2D eigenvalue weighted by molar-refractivity contribution is 0.0711. The van der Waals surface area contributed by atoms with Crippen LogP contribution in [0.1, 0.15) is 23.7 Å². The monoisotopic (exact) mass is 290 g/mol. The first kappa shape index (κ1) is 14.1. The third kappa shape index (κ3) is 2.42. The smallest absolute Gasteiger partial charge is 0.256 e. The van der Waals surface area contributed by atoms with Crippen LogP contribution in [-0.2, 0) is 4.74 Å². The molecule has 1 saturated heterocycles. The third-order valence-corrected chi connectivity index (χ3v) is 4.22. The number of H-pyrrole nitrogens is 1. The average molecular weight is 290 g/mol. The maximum Gasteiger partial charge on any atom is 0.256 e. The minimum absolute atomic E-state index is 0.0188. The molecule has 1 unspecified atom stereocenters. The number of aromatic amines is 1. The van der Waals surface area contributed by atoms with Crippen LogP contribution in [0, 0.1) is 11.2 Å². The summed E-state index contributed by atoms with van der Waals surface area (Å²) in [4.78, 5) is 17.4. The van der Waals surface area contributed by atoms with E-state index in [0.717, 1.165) is 6.42 Å². The highest BCUT2D eigenvalue weighted by molar-refractivity contribution is 6.07. The Labute approximate surface area is 122 Å². The van der Waals surface area contributed by atoms with Crippen LogP contribution < -0.4 is 0 Å². The van der Waals surface area contributed by atoms with Gasteiger partial charge in [-0.25, -0.2) is 4.39 Å². The van der Waals surface area contributed by atoms with E-state index in [2.05, 4.69) is 11.9 Å². The van der Waals surface area contributed by atoms with Gasteiger partial charge in [0, 0.05) is 42.7 Å². The van der Waals surface area contributed by atoms with Crippen LogP contribution in [-0.4, -0.2) is 42.6 Å². The average Bonchev–Trinajstić information content (AvgIpc) is 3.03. The van der Waals surface area contributed by atoms with Crippen molar-refractivity contribution in [3.8, 4) is 0 Å². The molecule has 1 atom stereocenters. The molecule has 21 heavy (non-hydrogen) atoms. The van der Waals surface area contributed by atoms with Crippen molar-refractivity contribution >= 4 is 16.8 Å². The standard InChI is InChI=1S/C16H19FN2O2/c1-16(10-21-2)6-7-19(9-16)15(20)11-8-18-13-5-3-4-12(17)14(11)13/h3-5,8,18H,6-7,9-10H2,1-2H3. The van der Waals surface area contributed by atoms with Gasteiger partial charge in [-0.05, 0) is 18.6 Å². The molecule has 0 bridgehead atoms. The number of methoxy groups -OCH3 is 1. The summed E-state index contributed by atoms with van der Waals surface area (Å²) in [7, 11) is 1.67. The molecule has 1 amide bonds. The second-order valence-corrected chi connectivity index (χ2v) is 6.09. The van der Waals surface area contributed by atoms with Gasteiger partial charge in [-0.1, -0.05) is 13.0 Å². The molecule has 5 heteroatoms. The first-order valence-corrected chi connectivity index (χ1v) is 7.08. The fourth-order valence-corrected chi connectivity index (χ4v) is 3.14. The lowest BCUT2D eigenvalue weighted by atomic mass is 9.91. The molecule has 1 N–H and O–H groups in total. The second-order valence-electron chi connectivity index (χ2n) is 6.09. The summed E-state index contributed by atoms with van der Waals surface area (Å²) in [6.07, 6.45) is 2.50. The van der Waals surface area contributed by atoms with E-state index in [0.29, 0.717) is 36.2 Å². The number of hydrogen-bond acceptors (Lipinski definition) is 2. The van der Waals surface area contributed by atoms with Crippen molar-refractivity contribution in [3.63, 3.8) is 0 Å². The van der Waals surface area contributed by atoms with Gasteiger partial charge in [-0.3, -0.25) is 4.79 Å². The highest BCUT2D eigenvalue weighted by atomic mass is 19.1. The van der Waals surface area contributed by atoms with Crippen molar-refractivity contribution in [2.24, 2.45) is 5.41 Å². The molecule has 1 aliphatic rings. The van der Waals surface area contributed by atoms with Crippen LogP contribution in [0.3, 0.4) is 0 Å². The van der Waals surface area contributed by atoms with Crippen molar-refractivity contribution in [1.82, 2.24) is 9.88 Å². The van der Waals surface area contributed by atoms with E-state index in [9.17, 15) is 9.18 Å². The van der Waals surface area contributed by atoms with Crippen LogP contribution >= 0.6 is 0 Å². The van der Waals surface area contributed by atoms with Crippen LogP contribution in [0.2, 0.25) is 0 Å². The minimum atomic E-state index is -0.365. The Balaban J connectivity index is 1.89. The summed E-state index contributed by atoms with van der Waals surface area (Å²) in [5.41, 5.74) is 1.04. The van der Waals surface area contributed by atoms with E-state index < -0.39 is 0 Å². The number of nitrogens with zero attached hydrogens (tertiary/aromatic N) is 1. The van der Waals surface area contributed by atoms with Gasteiger partial charge in [0.1, 0.15) is 5.82 Å². The van der Waals surface area contributed by atoms with E-state index >= 15 is 0 Å². The number of carbonyl (C=O) groups is 1. The Kier molecular flexibility index (Phi) is 3.45. The van der Waals surface area contributed by atoms with E-state index in [4.69, 9.17) is 4.74 Å². The van der Waals surface area contributed by atoms with Crippen LogP contribution in [0.25, 0.3) is 10.9 Å². The molecular formula is C16H19FN2O2. The van der Waals surface area contributed by atoms with Gasteiger partial charge < -0.3 is 14.6 Å². The normalized spacial score (nSPS) is 22.1. The summed E-state index contributed by atoms with van der Waals surface area (Å²) < 4.78 is 19.2. The van der Waals surface area contributed by atoms with Gasteiger partial charge in [-0.2, -0.15) is 0 Å². The number of halogens is 1. The summed E-state index contributed by atoms with van der Waals surface area (Å²) in [6, 6.07) is 4.79. The van der Waals surface area contributed by atoms with Crippen molar-refractivity contribution in [2.45, 2.75) is 13.3 Å². The van der Waals surface area contributed by atoms with E-state index in [1.54, 1.807) is 30.3 Å². The quantitative estimate of drug-likeness (QED) is 0.944. The number of fused-ring (bicyclic) bond motifs is 1. The maximum atomic E-state index is 14.0. The van der Waals surface area contributed by atoms with Crippen LogP contribution in [0.5, 0.6) is 0 Å². The zero-order chi connectivity index (χ0) is 15.0. The molecule has 1 aliphatic heterocycles. The molecule has 2 aromatic rings. The number of hydrogen-bond donors (Lipinski definition) is 1. The predicted octanol–water partition coefficient (Wildman–Crippen LogP) is 2.81. The van der Waals surface area contributed by atoms with Gasteiger partial charge in [0.15, 0.2) is 0 Å². The van der Waals surface area contributed by atoms with Crippen LogP contribution in [0.4, 0.5) is 4.39 Å². The summed E-state index contributed by atoms with van der Waals surface area (Å²) in [6.45, 7) is 4.05. The number of carbonyl (C=O) groups excluding carboxylic acids is 1. The first-order valence-electron chi connectivity index (χ1n) is 7.08. The molecule has 0 radical (unpaired) electrons. The van der Waals surface area contributed by atoms with Crippen molar-refractivity contribution < 1.29 is 13.9 Å². The Hall–Kier alpha value is -1.88. The van der Waals surface area contributed by atoms with Gasteiger partial charge in [0.25, 0.3) is 5.91 Å². The maximum absolute atomic E-state index is 14.0. The molecule has 0 aliphatic carbocycles. The zero-order valence-electron chi connectivity index (χ0n) is 12.3. The summed E-state index contributed by atoms with van der Waals surface area (Å²) >= 11 is 0. The highest BCUT2D eigenvalue weighted by Gasteiger charge is 2.37. The van der Waals surface area contributed by atoms with Gasteiger partial charge in [-0.15, -0.1) is 0 Å². The number of nitrogens with one attached hydrogen (secondary N) is 1. The Bertz CT molecular complexity index is 682. The predicted molar refractivity (Wildman–Crippen MR) is 78.8 cm³/mol. The molecule has 1 fully saturated rings. The minimum Gasteiger partial charge on any atom is -0.384 e. The number of ether oxygens (including phenoxy) is 1. The number of aromatic nitrogens is 1. The molecule has 2 heterocycles. The molecule has 1 aromatic carbocycles. The topological polar surface area (TPSA) is 45.3 Å². The lowest BCUT2D eigenvalue weighted by Gasteiger charge is -2.23. The fraction of sp³-hybridized carbons (Fsp3) is 0.438. The molecule has 0 spiro atoms. The number of likely N-dealkylation sites (tertiary alicyclic amines) is 1. The van der Waals surface area contributed by atoms with E-state index in [1.807, 2.05) is 0 Å². The third-order valence-electron chi connectivity index (χ3n) is 4.22. The SMILES string of the molecule is COCC1(C)CCN(C(=O)c2c[nH]c3cccc(F)c23)C1. The van der Waals surface area contributed by atoms with E-state index in [1.165, 1.54) is 6.07 Å². The highest BCUT2D eigenvalue weighted by Crippen LogP contribution is 2.32. The molecule has 4 nitrogen and oxygen atoms in total. The van der Waals surface area contributed by atoms with Crippen molar-refractivity contribution in [3.05, 3.63) is 35.8 Å². The molecular weight excluding hydrogens is 271 g/mol. The first-order chi connectivity index (χ1) is 10.0. The van der Waals surface area contributed by atoms with Gasteiger partial charge in [0.05, 0.1) is 12.2 Å². The van der Waals surface area contributed by atoms with Gasteiger partial charge >= 0.3 is 0 Å². The molecule has 3 rings (SSSR count). The largest absolute Gasteiger partial charge is 0.384 e. The fourth-order valence-electron chi connectivity index (χ4n) is 3.14. The second kappa shape index (κ2) is 5.15. The van der Waals surface area contributed by atoms with E-state index in [-0.39, 0.29) is 17.1 Å². The summed E-state index contributed by atoms with van der Waals surface area (Å²) in [5, 5.41) is 0.378. The van der Waals surface area contributed by atoms with Crippen LogP contribution in [0.15, 0.2) is 24.4 Å². The zero-order valence-corrected chi connectivity index (χ0v) is 12.3. The lowest BCUT2D eigenvalue weighted by Crippen LogP contribution is -2.32. The van der Waals surface area contributed by atoms with Crippen molar-refractivity contribution in [1.29, 1.82) is 0 Å².